The number of ether oxygens (including phenoxy) is 1. The van der Waals surface area contributed by atoms with Crippen molar-refractivity contribution in [3.05, 3.63) is 28.8 Å². The van der Waals surface area contributed by atoms with E-state index < -0.39 is 0 Å². The highest BCUT2D eigenvalue weighted by Gasteiger charge is 2.24. The SMILES string of the molecule is CC(C)Oc1ccc(Cl)cc1C(=O)NC1CCCNC1C. The van der Waals surface area contributed by atoms with E-state index in [1.54, 1.807) is 18.2 Å². The smallest absolute Gasteiger partial charge is 0.255 e. The summed E-state index contributed by atoms with van der Waals surface area (Å²) in [5, 5.41) is 6.99. The number of nitrogens with one attached hydrogen (secondary N) is 2. The summed E-state index contributed by atoms with van der Waals surface area (Å²) in [6.07, 6.45) is 2.06. The first kappa shape index (κ1) is 16.1. The Morgan fingerprint density at radius 1 is 1.48 bits per heavy atom. The molecule has 0 spiro atoms. The third-order valence-corrected chi connectivity index (χ3v) is 3.86. The second-order valence-electron chi connectivity index (χ2n) is 5.77. The minimum Gasteiger partial charge on any atom is -0.490 e. The molecule has 0 bridgehead atoms. The fourth-order valence-corrected chi connectivity index (χ4v) is 2.70. The summed E-state index contributed by atoms with van der Waals surface area (Å²) in [5.74, 6) is 0.442. The molecule has 1 fully saturated rings. The van der Waals surface area contributed by atoms with Gasteiger partial charge in [0.2, 0.25) is 0 Å². The highest BCUT2D eigenvalue weighted by Crippen LogP contribution is 2.24. The molecule has 0 aromatic heterocycles. The van der Waals surface area contributed by atoms with E-state index in [4.69, 9.17) is 16.3 Å². The minimum absolute atomic E-state index is 0.00740. The fourth-order valence-electron chi connectivity index (χ4n) is 2.52. The zero-order valence-corrected chi connectivity index (χ0v) is 13.5. The van der Waals surface area contributed by atoms with Gasteiger partial charge in [0.15, 0.2) is 0 Å². The van der Waals surface area contributed by atoms with Crippen LogP contribution in [0.25, 0.3) is 0 Å². The van der Waals surface area contributed by atoms with Gasteiger partial charge < -0.3 is 15.4 Å². The third kappa shape index (κ3) is 4.35. The molecule has 0 saturated carbocycles. The number of rotatable bonds is 4. The molecule has 1 aliphatic rings. The minimum atomic E-state index is -0.131. The fraction of sp³-hybridized carbons (Fsp3) is 0.562. The Morgan fingerprint density at radius 3 is 2.90 bits per heavy atom. The monoisotopic (exact) mass is 310 g/mol. The molecule has 2 N–H and O–H groups in total. The molecule has 1 aromatic carbocycles. The molecule has 1 saturated heterocycles. The van der Waals surface area contributed by atoms with Crippen LogP contribution in [0, 0.1) is 0 Å². The Balaban J connectivity index is 2.15. The Hall–Kier alpha value is -1.26. The molecule has 1 amide bonds. The number of carbonyl (C=O) groups is 1. The maximum Gasteiger partial charge on any atom is 0.255 e. The summed E-state index contributed by atoms with van der Waals surface area (Å²) in [6.45, 7) is 6.97. The van der Waals surface area contributed by atoms with Crippen LogP contribution in [-0.4, -0.2) is 30.6 Å². The molecule has 4 nitrogen and oxygen atoms in total. The van der Waals surface area contributed by atoms with Gasteiger partial charge in [0.25, 0.3) is 5.91 Å². The Morgan fingerprint density at radius 2 is 2.24 bits per heavy atom. The van der Waals surface area contributed by atoms with Crippen molar-refractivity contribution in [2.24, 2.45) is 0 Å². The van der Waals surface area contributed by atoms with E-state index in [2.05, 4.69) is 17.6 Å². The number of benzene rings is 1. The van der Waals surface area contributed by atoms with Crippen molar-refractivity contribution in [1.82, 2.24) is 10.6 Å². The van der Waals surface area contributed by atoms with Crippen LogP contribution in [0.3, 0.4) is 0 Å². The molecule has 5 heteroatoms. The molecule has 21 heavy (non-hydrogen) atoms. The van der Waals surface area contributed by atoms with Crippen molar-refractivity contribution in [1.29, 1.82) is 0 Å². The zero-order valence-electron chi connectivity index (χ0n) is 12.8. The topological polar surface area (TPSA) is 50.4 Å². The Kier molecular flexibility index (Phi) is 5.48. The van der Waals surface area contributed by atoms with Gasteiger partial charge in [-0.05, 0) is 58.4 Å². The van der Waals surface area contributed by atoms with Crippen LogP contribution < -0.4 is 15.4 Å². The molecule has 2 unspecified atom stereocenters. The van der Waals surface area contributed by atoms with Crippen molar-refractivity contribution < 1.29 is 9.53 Å². The highest BCUT2D eigenvalue weighted by molar-refractivity contribution is 6.31. The average molecular weight is 311 g/mol. The first-order valence-corrected chi connectivity index (χ1v) is 7.85. The second-order valence-corrected chi connectivity index (χ2v) is 6.21. The van der Waals surface area contributed by atoms with E-state index >= 15 is 0 Å². The molecule has 116 valence electrons. The van der Waals surface area contributed by atoms with E-state index in [9.17, 15) is 4.79 Å². The first-order chi connectivity index (χ1) is 9.97. The number of hydrogen-bond donors (Lipinski definition) is 2. The van der Waals surface area contributed by atoms with Gasteiger partial charge in [-0.25, -0.2) is 0 Å². The summed E-state index contributed by atoms with van der Waals surface area (Å²) in [5.41, 5.74) is 0.494. The molecule has 2 atom stereocenters. The van der Waals surface area contributed by atoms with Gasteiger partial charge in [-0.15, -0.1) is 0 Å². The van der Waals surface area contributed by atoms with Gasteiger partial charge in [0, 0.05) is 17.1 Å². The normalized spacial score (nSPS) is 22.1. The van der Waals surface area contributed by atoms with Crippen molar-refractivity contribution >= 4 is 17.5 Å². The van der Waals surface area contributed by atoms with Crippen LogP contribution in [-0.2, 0) is 0 Å². The molecule has 0 radical (unpaired) electrons. The Labute approximate surface area is 131 Å². The lowest BCUT2D eigenvalue weighted by atomic mass is 9.99. The van der Waals surface area contributed by atoms with Crippen molar-refractivity contribution in [3.8, 4) is 5.75 Å². The summed E-state index contributed by atoms with van der Waals surface area (Å²) in [7, 11) is 0. The summed E-state index contributed by atoms with van der Waals surface area (Å²) < 4.78 is 5.70. The van der Waals surface area contributed by atoms with Gasteiger partial charge in [-0.3, -0.25) is 4.79 Å². The van der Waals surface area contributed by atoms with Gasteiger partial charge in [-0.1, -0.05) is 11.6 Å². The highest BCUT2D eigenvalue weighted by atomic mass is 35.5. The predicted molar refractivity (Wildman–Crippen MR) is 85.2 cm³/mol. The zero-order chi connectivity index (χ0) is 15.4. The standard InChI is InChI=1S/C16H23ClN2O2/c1-10(2)21-15-7-6-12(17)9-13(15)16(20)19-14-5-4-8-18-11(14)3/h6-7,9-11,14,18H,4-5,8H2,1-3H3,(H,19,20). The summed E-state index contributed by atoms with van der Waals surface area (Å²) >= 11 is 6.02. The summed E-state index contributed by atoms with van der Waals surface area (Å²) in [4.78, 5) is 12.5. The number of hydrogen-bond acceptors (Lipinski definition) is 3. The van der Waals surface area contributed by atoms with Gasteiger partial charge in [-0.2, -0.15) is 0 Å². The molecular weight excluding hydrogens is 288 g/mol. The van der Waals surface area contributed by atoms with Crippen molar-refractivity contribution in [3.63, 3.8) is 0 Å². The van der Waals surface area contributed by atoms with E-state index in [0.29, 0.717) is 16.3 Å². The third-order valence-electron chi connectivity index (χ3n) is 3.63. The van der Waals surface area contributed by atoms with Crippen molar-refractivity contribution in [2.75, 3.05) is 6.54 Å². The largest absolute Gasteiger partial charge is 0.490 e. The first-order valence-electron chi connectivity index (χ1n) is 7.48. The molecule has 2 rings (SSSR count). The van der Waals surface area contributed by atoms with Crippen molar-refractivity contribution in [2.45, 2.75) is 51.8 Å². The molecule has 1 aromatic rings. The van der Waals surface area contributed by atoms with E-state index in [1.807, 2.05) is 13.8 Å². The van der Waals surface area contributed by atoms with Crippen LogP contribution in [0.1, 0.15) is 44.0 Å². The lowest BCUT2D eigenvalue weighted by Crippen LogP contribution is -2.51. The van der Waals surface area contributed by atoms with Crippen LogP contribution in [0.2, 0.25) is 5.02 Å². The van der Waals surface area contributed by atoms with Crippen LogP contribution >= 0.6 is 11.6 Å². The van der Waals surface area contributed by atoms with E-state index in [-0.39, 0.29) is 24.1 Å². The maximum atomic E-state index is 12.5. The summed E-state index contributed by atoms with van der Waals surface area (Å²) in [6, 6.07) is 5.56. The molecule has 0 aliphatic carbocycles. The van der Waals surface area contributed by atoms with Gasteiger partial charge in [0.05, 0.1) is 11.7 Å². The average Bonchev–Trinajstić information content (AvgIpc) is 2.43. The van der Waals surface area contributed by atoms with E-state index in [1.165, 1.54) is 0 Å². The molecule has 1 heterocycles. The molecule has 1 aliphatic heterocycles. The quantitative estimate of drug-likeness (QED) is 0.899. The van der Waals surface area contributed by atoms with Crippen LogP contribution in [0.15, 0.2) is 18.2 Å². The lowest BCUT2D eigenvalue weighted by molar-refractivity contribution is 0.0914. The number of piperidine rings is 1. The number of halogens is 1. The van der Waals surface area contributed by atoms with Crippen LogP contribution in [0.4, 0.5) is 0 Å². The maximum absolute atomic E-state index is 12.5. The predicted octanol–water partition coefficient (Wildman–Crippen LogP) is 3.00. The number of amides is 1. The van der Waals surface area contributed by atoms with Gasteiger partial charge in [0.1, 0.15) is 5.75 Å². The van der Waals surface area contributed by atoms with Gasteiger partial charge >= 0.3 is 0 Å². The Bertz CT molecular complexity index is 505. The van der Waals surface area contributed by atoms with Crippen LogP contribution in [0.5, 0.6) is 5.75 Å². The lowest BCUT2D eigenvalue weighted by Gasteiger charge is -2.30. The second kappa shape index (κ2) is 7.14. The molecular formula is C16H23ClN2O2. The van der Waals surface area contributed by atoms with E-state index in [0.717, 1.165) is 19.4 Å². The number of carbonyl (C=O) groups excluding carboxylic acids is 1.